The van der Waals surface area contributed by atoms with Crippen LogP contribution >= 0.6 is 11.3 Å². The predicted molar refractivity (Wildman–Crippen MR) is 65.0 cm³/mol. The monoisotopic (exact) mass is 263 g/mol. The molecule has 0 saturated carbocycles. The maximum atomic E-state index is 13.5. The number of aromatic amines is 1. The van der Waals surface area contributed by atoms with Crippen molar-refractivity contribution >= 4 is 11.3 Å². The van der Waals surface area contributed by atoms with Crippen LogP contribution in [-0.4, -0.2) is 15.2 Å². The van der Waals surface area contributed by atoms with Crippen LogP contribution in [0, 0.1) is 11.6 Å². The fourth-order valence-electron chi connectivity index (χ4n) is 1.57. The molecule has 0 radical (unpaired) electrons. The van der Waals surface area contributed by atoms with E-state index in [-0.39, 0.29) is 11.4 Å². The molecule has 3 rings (SSSR count). The molecule has 2 aromatic heterocycles. The average Bonchev–Trinajstić information content (AvgIpc) is 3.00. The van der Waals surface area contributed by atoms with E-state index in [4.69, 9.17) is 0 Å². The summed E-state index contributed by atoms with van der Waals surface area (Å²) in [5, 5.41) is 8.52. The summed E-state index contributed by atoms with van der Waals surface area (Å²) in [4.78, 5) is 5.06. The van der Waals surface area contributed by atoms with Crippen LogP contribution in [0.4, 0.5) is 8.78 Å². The standard InChI is InChI=1S/C12H7F2N3S/c13-7-3-4-9(14)8(6-7)11-15-12(17-16-11)10-2-1-5-18-10/h1-6H,(H,15,16,17). The van der Waals surface area contributed by atoms with Gasteiger partial charge in [-0.1, -0.05) is 6.07 Å². The van der Waals surface area contributed by atoms with Crippen LogP contribution in [0.25, 0.3) is 22.1 Å². The third-order valence-electron chi connectivity index (χ3n) is 2.41. The van der Waals surface area contributed by atoms with Crippen LogP contribution in [-0.2, 0) is 0 Å². The molecule has 0 aliphatic carbocycles. The highest BCUT2D eigenvalue weighted by Gasteiger charge is 2.13. The van der Waals surface area contributed by atoms with E-state index in [1.54, 1.807) is 0 Å². The van der Waals surface area contributed by atoms with Crippen molar-refractivity contribution < 1.29 is 8.78 Å². The fraction of sp³-hybridized carbons (Fsp3) is 0. The first kappa shape index (κ1) is 11.0. The van der Waals surface area contributed by atoms with Gasteiger partial charge in [0.1, 0.15) is 11.6 Å². The van der Waals surface area contributed by atoms with Crippen molar-refractivity contribution in [2.75, 3.05) is 0 Å². The molecule has 0 atom stereocenters. The molecule has 6 heteroatoms. The molecule has 3 aromatic rings. The third-order valence-corrected chi connectivity index (χ3v) is 3.29. The van der Waals surface area contributed by atoms with Crippen LogP contribution in [0.1, 0.15) is 0 Å². The molecular formula is C12H7F2N3S. The lowest BCUT2D eigenvalue weighted by atomic mass is 10.2. The molecule has 1 aromatic carbocycles. The SMILES string of the molecule is Fc1ccc(F)c(-c2n[nH]c(-c3cccs3)n2)c1. The van der Waals surface area contributed by atoms with Gasteiger partial charge in [0.25, 0.3) is 0 Å². The number of thiophene rings is 1. The van der Waals surface area contributed by atoms with Crippen molar-refractivity contribution in [1.82, 2.24) is 15.2 Å². The van der Waals surface area contributed by atoms with E-state index in [1.807, 2.05) is 17.5 Å². The number of benzene rings is 1. The molecule has 1 N–H and O–H groups in total. The van der Waals surface area contributed by atoms with Gasteiger partial charge in [-0.3, -0.25) is 5.10 Å². The number of H-pyrrole nitrogens is 1. The molecule has 0 amide bonds. The van der Waals surface area contributed by atoms with Gasteiger partial charge in [-0.25, -0.2) is 13.8 Å². The molecule has 0 bridgehead atoms. The Balaban J connectivity index is 2.05. The van der Waals surface area contributed by atoms with Gasteiger partial charge in [0, 0.05) is 0 Å². The molecule has 0 unspecified atom stereocenters. The number of nitrogens with zero attached hydrogens (tertiary/aromatic N) is 2. The number of rotatable bonds is 2. The molecule has 0 aliphatic rings. The Morgan fingerprint density at radius 1 is 1.17 bits per heavy atom. The molecule has 3 nitrogen and oxygen atoms in total. The second kappa shape index (κ2) is 4.30. The van der Waals surface area contributed by atoms with Crippen molar-refractivity contribution in [2.45, 2.75) is 0 Å². The van der Waals surface area contributed by atoms with Crippen LogP contribution in [0.15, 0.2) is 35.7 Å². The van der Waals surface area contributed by atoms with E-state index in [2.05, 4.69) is 15.2 Å². The van der Waals surface area contributed by atoms with Crippen LogP contribution in [0.5, 0.6) is 0 Å². The number of nitrogens with one attached hydrogen (secondary N) is 1. The summed E-state index contributed by atoms with van der Waals surface area (Å²) in [7, 11) is 0. The summed E-state index contributed by atoms with van der Waals surface area (Å²) < 4.78 is 26.6. The summed E-state index contributed by atoms with van der Waals surface area (Å²) in [6.07, 6.45) is 0. The highest BCUT2D eigenvalue weighted by molar-refractivity contribution is 7.13. The Kier molecular flexibility index (Phi) is 2.64. The molecule has 0 aliphatic heterocycles. The van der Waals surface area contributed by atoms with Crippen molar-refractivity contribution in [3.8, 4) is 22.1 Å². The highest BCUT2D eigenvalue weighted by Crippen LogP contribution is 2.25. The molecule has 18 heavy (non-hydrogen) atoms. The fourth-order valence-corrected chi connectivity index (χ4v) is 2.24. The first-order valence-corrected chi connectivity index (χ1v) is 6.04. The van der Waals surface area contributed by atoms with Crippen LogP contribution in [0.2, 0.25) is 0 Å². The number of aromatic nitrogens is 3. The van der Waals surface area contributed by atoms with Gasteiger partial charge in [0.15, 0.2) is 11.6 Å². The van der Waals surface area contributed by atoms with Gasteiger partial charge in [-0.2, -0.15) is 5.10 Å². The molecule has 0 saturated heterocycles. The minimum absolute atomic E-state index is 0.0501. The molecule has 90 valence electrons. The van der Waals surface area contributed by atoms with Crippen molar-refractivity contribution in [3.63, 3.8) is 0 Å². The first-order valence-electron chi connectivity index (χ1n) is 5.16. The third kappa shape index (κ3) is 1.91. The molecule has 0 spiro atoms. The first-order chi connectivity index (χ1) is 8.74. The second-order valence-corrected chi connectivity index (χ2v) is 4.56. The summed E-state index contributed by atoms with van der Waals surface area (Å²) in [5.41, 5.74) is 0.0501. The Morgan fingerprint density at radius 2 is 2.06 bits per heavy atom. The minimum atomic E-state index is -0.548. The lowest BCUT2D eigenvalue weighted by Gasteiger charge is -1.97. The lowest BCUT2D eigenvalue weighted by molar-refractivity contribution is 0.602. The highest BCUT2D eigenvalue weighted by atomic mass is 32.1. The van der Waals surface area contributed by atoms with Crippen molar-refractivity contribution in [1.29, 1.82) is 0 Å². The van der Waals surface area contributed by atoms with E-state index in [0.29, 0.717) is 5.82 Å². The predicted octanol–water partition coefficient (Wildman–Crippen LogP) is 3.48. The van der Waals surface area contributed by atoms with Crippen LogP contribution < -0.4 is 0 Å². The largest absolute Gasteiger partial charge is 0.258 e. The van der Waals surface area contributed by atoms with Gasteiger partial charge in [0.2, 0.25) is 0 Å². The van der Waals surface area contributed by atoms with E-state index < -0.39 is 11.6 Å². The van der Waals surface area contributed by atoms with Crippen molar-refractivity contribution in [3.05, 3.63) is 47.3 Å². The zero-order valence-corrected chi connectivity index (χ0v) is 9.84. The van der Waals surface area contributed by atoms with E-state index in [0.717, 1.165) is 23.1 Å². The minimum Gasteiger partial charge on any atom is -0.258 e. The summed E-state index contributed by atoms with van der Waals surface area (Å²) >= 11 is 1.49. The Bertz CT molecular complexity index is 676. The summed E-state index contributed by atoms with van der Waals surface area (Å²) in [6.45, 7) is 0. The Morgan fingerprint density at radius 3 is 2.83 bits per heavy atom. The van der Waals surface area contributed by atoms with E-state index >= 15 is 0 Å². The summed E-state index contributed by atoms with van der Waals surface area (Å²) in [5.74, 6) is -0.374. The van der Waals surface area contributed by atoms with Crippen molar-refractivity contribution in [2.24, 2.45) is 0 Å². The van der Waals surface area contributed by atoms with Gasteiger partial charge in [0.05, 0.1) is 10.4 Å². The topological polar surface area (TPSA) is 41.6 Å². The second-order valence-electron chi connectivity index (χ2n) is 3.61. The lowest BCUT2D eigenvalue weighted by Crippen LogP contribution is -1.88. The van der Waals surface area contributed by atoms with Gasteiger partial charge in [-0.15, -0.1) is 11.3 Å². The van der Waals surface area contributed by atoms with E-state index in [1.165, 1.54) is 11.3 Å². The number of halogens is 2. The van der Waals surface area contributed by atoms with Gasteiger partial charge in [-0.05, 0) is 29.6 Å². The molecular weight excluding hydrogens is 256 g/mol. The maximum Gasteiger partial charge on any atom is 0.184 e. The normalized spacial score (nSPS) is 10.8. The van der Waals surface area contributed by atoms with Gasteiger partial charge >= 0.3 is 0 Å². The zero-order valence-electron chi connectivity index (χ0n) is 9.02. The molecule has 2 heterocycles. The number of hydrogen-bond donors (Lipinski definition) is 1. The Hall–Kier alpha value is -2.08. The number of hydrogen-bond acceptors (Lipinski definition) is 3. The summed E-state index contributed by atoms with van der Waals surface area (Å²) in [6, 6.07) is 6.95. The molecule has 0 fully saturated rings. The van der Waals surface area contributed by atoms with E-state index in [9.17, 15) is 8.78 Å². The van der Waals surface area contributed by atoms with Gasteiger partial charge < -0.3 is 0 Å². The maximum absolute atomic E-state index is 13.5. The zero-order chi connectivity index (χ0) is 12.5. The Labute approximate surface area is 105 Å². The smallest absolute Gasteiger partial charge is 0.184 e. The average molecular weight is 263 g/mol. The quantitative estimate of drug-likeness (QED) is 0.769. The van der Waals surface area contributed by atoms with Crippen LogP contribution in [0.3, 0.4) is 0 Å².